The van der Waals surface area contributed by atoms with Gasteiger partial charge in [-0.25, -0.2) is 8.42 Å². The van der Waals surface area contributed by atoms with Gasteiger partial charge in [0.15, 0.2) is 0 Å². The number of benzene rings is 1. The number of piperidine rings is 1. The van der Waals surface area contributed by atoms with Gasteiger partial charge in [0, 0.05) is 25.2 Å². The molecule has 2 N–H and O–H groups in total. The van der Waals surface area contributed by atoms with Gasteiger partial charge in [0.1, 0.15) is 15.6 Å². The number of phenolic OH excluding ortho intramolecular Hbond substituents is 1. The molecule has 2 aliphatic heterocycles. The molecule has 0 aliphatic carbocycles. The van der Waals surface area contributed by atoms with Gasteiger partial charge in [-0.1, -0.05) is 12.1 Å². The zero-order valence-corrected chi connectivity index (χ0v) is 15.2. The van der Waals surface area contributed by atoms with Gasteiger partial charge in [-0.3, -0.25) is 4.79 Å². The highest BCUT2D eigenvalue weighted by atomic mass is 32.2. The highest BCUT2D eigenvalue weighted by molar-refractivity contribution is 7.91. The Bertz CT molecular complexity index is 698. The van der Waals surface area contributed by atoms with E-state index in [1.807, 2.05) is 6.07 Å². The molecule has 0 unspecified atom stereocenters. The number of amides is 1. The van der Waals surface area contributed by atoms with Crippen LogP contribution in [0.25, 0.3) is 0 Å². The summed E-state index contributed by atoms with van der Waals surface area (Å²) < 4.78 is 23.1. The van der Waals surface area contributed by atoms with E-state index in [4.69, 9.17) is 0 Å². The maximum Gasteiger partial charge on any atom is 0.224 e. The smallest absolute Gasteiger partial charge is 0.224 e. The van der Waals surface area contributed by atoms with E-state index in [1.54, 1.807) is 18.2 Å². The molecule has 1 aromatic rings. The molecule has 0 spiro atoms. The van der Waals surface area contributed by atoms with Gasteiger partial charge in [-0.15, -0.1) is 0 Å². The van der Waals surface area contributed by atoms with Crippen LogP contribution in [0.4, 0.5) is 0 Å². The molecule has 1 amide bonds. The van der Waals surface area contributed by atoms with Gasteiger partial charge >= 0.3 is 0 Å². The standard InChI is InChI=1S/C18H26N2O4S/c21-17-3-1-2-14(12-17)13-18(22)19-15-4-8-20(9-5-15)16-6-10-25(23,24)11-7-16/h1-3,12,15-16,21H,4-11,13H2,(H,19,22). The summed E-state index contributed by atoms with van der Waals surface area (Å²) in [6.45, 7) is 1.81. The van der Waals surface area contributed by atoms with Crippen molar-refractivity contribution in [2.75, 3.05) is 24.6 Å². The molecule has 2 heterocycles. The van der Waals surface area contributed by atoms with Crippen LogP contribution in [0.5, 0.6) is 5.75 Å². The van der Waals surface area contributed by atoms with Crippen LogP contribution in [0.3, 0.4) is 0 Å². The summed E-state index contributed by atoms with van der Waals surface area (Å²) in [7, 11) is -2.82. The van der Waals surface area contributed by atoms with Crippen molar-refractivity contribution in [2.45, 2.75) is 44.2 Å². The quantitative estimate of drug-likeness (QED) is 0.833. The first-order chi connectivity index (χ1) is 11.9. The monoisotopic (exact) mass is 366 g/mol. The van der Waals surface area contributed by atoms with E-state index in [9.17, 15) is 18.3 Å². The first-order valence-corrected chi connectivity index (χ1v) is 10.8. The predicted octanol–water partition coefficient (Wildman–Crippen LogP) is 1.09. The molecule has 1 aromatic carbocycles. The van der Waals surface area contributed by atoms with Gasteiger partial charge < -0.3 is 15.3 Å². The van der Waals surface area contributed by atoms with E-state index in [2.05, 4.69) is 10.2 Å². The third-order valence-electron chi connectivity index (χ3n) is 5.21. The number of phenols is 1. The number of carbonyl (C=O) groups is 1. The van der Waals surface area contributed by atoms with Crippen molar-refractivity contribution in [2.24, 2.45) is 0 Å². The third-order valence-corrected chi connectivity index (χ3v) is 6.93. The highest BCUT2D eigenvalue weighted by Gasteiger charge is 2.30. The van der Waals surface area contributed by atoms with Crippen molar-refractivity contribution in [1.82, 2.24) is 10.2 Å². The average Bonchev–Trinajstić information content (AvgIpc) is 2.56. The molecule has 138 valence electrons. The van der Waals surface area contributed by atoms with Crippen molar-refractivity contribution in [3.05, 3.63) is 29.8 Å². The second-order valence-corrected chi connectivity index (χ2v) is 9.41. The van der Waals surface area contributed by atoms with Gasteiger partial charge in [-0.05, 0) is 43.4 Å². The molecular formula is C18H26N2O4S. The minimum atomic E-state index is -2.82. The van der Waals surface area contributed by atoms with E-state index >= 15 is 0 Å². The third kappa shape index (κ3) is 5.19. The van der Waals surface area contributed by atoms with E-state index in [-0.39, 0.29) is 24.1 Å². The minimum Gasteiger partial charge on any atom is -0.508 e. The van der Waals surface area contributed by atoms with Crippen LogP contribution in [0, 0.1) is 0 Å². The molecule has 0 atom stereocenters. The maximum atomic E-state index is 12.2. The summed E-state index contributed by atoms with van der Waals surface area (Å²) in [6, 6.07) is 7.31. The number of likely N-dealkylation sites (tertiary alicyclic amines) is 1. The van der Waals surface area contributed by atoms with Gasteiger partial charge in [0.2, 0.25) is 5.91 Å². The summed E-state index contributed by atoms with van der Waals surface area (Å²) in [4.78, 5) is 14.6. The fourth-order valence-electron chi connectivity index (χ4n) is 3.78. The molecule has 3 rings (SSSR count). The largest absolute Gasteiger partial charge is 0.508 e. The predicted molar refractivity (Wildman–Crippen MR) is 96.2 cm³/mol. The molecule has 2 saturated heterocycles. The Balaban J connectivity index is 1.42. The van der Waals surface area contributed by atoms with Crippen LogP contribution in [0.2, 0.25) is 0 Å². The Morgan fingerprint density at radius 3 is 2.48 bits per heavy atom. The molecular weight excluding hydrogens is 340 g/mol. The number of carbonyl (C=O) groups excluding carboxylic acids is 1. The van der Waals surface area contributed by atoms with Crippen molar-refractivity contribution in [1.29, 1.82) is 0 Å². The number of rotatable bonds is 4. The molecule has 2 fully saturated rings. The van der Waals surface area contributed by atoms with E-state index in [1.165, 1.54) is 0 Å². The van der Waals surface area contributed by atoms with Crippen LogP contribution in [-0.4, -0.2) is 61.0 Å². The van der Waals surface area contributed by atoms with Crippen molar-refractivity contribution in [3.63, 3.8) is 0 Å². The molecule has 0 aromatic heterocycles. The van der Waals surface area contributed by atoms with Gasteiger partial charge in [0.05, 0.1) is 17.9 Å². The van der Waals surface area contributed by atoms with Crippen LogP contribution < -0.4 is 5.32 Å². The van der Waals surface area contributed by atoms with Crippen LogP contribution in [-0.2, 0) is 21.1 Å². The maximum absolute atomic E-state index is 12.2. The minimum absolute atomic E-state index is 0.0205. The summed E-state index contributed by atoms with van der Waals surface area (Å²) >= 11 is 0. The lowest BCUT2D eigenvalue weighted by molar-refractivity contribution is -0.121. The lowest BCUT2D eigenvalue weighted by Crippen LogP contribution is -2.50. The summed E-state index contributed by atoms with van der Waals surface area (Å²) in [5.74, 6) is 0.761. The number of nitrogens with zero attached hydrogens (tertiary/aromatic N) is 1. The number of hydrogen-bond donors (Lipinski definition) is 2. The topological polar surface area (TPSA) is 86.7 Å². The summed E-state index contributed by atoms with van der Waals surface area (Å²) in [5, 5.41) is 12.5. The second-order valence-electron chi connectivity index (χ2n) is 7.11. The summed E-state index contributed by atoms with van der Waals surface area (Å²) in [6.07, 6.45) is 3.53. The van der Waals surface area contributed by atoms with E-state index < -0.39 is 9.84 Å². The number of aromatic hydroxyl groups is 1. The van der Waals surface area contributed by atoms with E-state index in [0.717, 1.165) is 44.3 Å². The fourth-order valence-corrected chi connectivity index (χ4v) is 5.25. The van der Waals surface area contributed by atoms with Crippen LogP contribution >= 0.6 is 0 Å². The van der Waals surface area contributed by atoms with Gasteiger partial charge in [-0.2, -0.15) is 0 Å². The highest BCUT2D eigenvalue weighted by Crippen LogP contribution is 2.22. The Morgan fingerprint density at radius 1 is 1.16 bits per heavy atom. The Morgan fingerprint density at radius 2 is 1.84 bits per heavy atom. The summed E-state index contributed by atoms with van der Waals surface area (Å²) in [5.41, 5.74) is 0.804. The number of sulfone groups is 1. The zero-order chi connectivity index (χ0) is 17.9. The Labute approximate surface area is 149 Å². The lowest BCUT2D eigenvalue weighted by atomic mass is 10.0. The van der Waals surface area contributed by atoms with Crippen LogP contribution in [0.1, 0.15) is 31.2 Å². The van der Waals surface area contributed by atoms with Gasteiger partial charge in [0.25, 0.3) is 0 Å². The molecule has 0 radical (unpaired) electrons. The molecule has 6 nitrogen and oxygen atoms in total. The lowest BCUT2D eigenvalue weighted by Gasteiger charge is -2.39. The SMILES string of the molecule is O=C(Cc1cccc(O)c1)NC1CCN(C2CCS(=O)(=O)CC2)CC1. The molecule has 2 aliphatic rings. The average molecular weight is 366 g/mol. The normalized spacial score (nSPS) is 22.6. The molecule has 0 saturated carbocycles. The van der Waals surface area contributed by atoms with E-state index in [0.29, 0.717) is 17.5 Å². The Kier molecular flexibility index (Phi) is 5.64. The fraction of sp³-hybridized carbons (Fsp3) is 0.611. The van der Waals surface area contributed by atoms with Crippen molar-refractivity contribution in [3.8, 4) is 5.75 Å². The zero-order valence-electron chi connectivity index (χ0n) is 14.4. The van der Waals surface area contributed by atoms with Crippen molar-refractivity contribution < 1.29 is 18.3 Å². The molecule has 7 heteroatoms. The number of nitrogens with one attached hydrogen (secondary N) is 1. The first-order valence-electron chi connectivity index (χ1n) is 8.93. The second kappa shape index (κ2) is 7.74. The molecule has 0 bridgehead atoms. The molecule has 25 heavy (non-hydrogen) atoms. The number of hydrogen-bond acceptors (Lipinski definition) is 5. The first kappa shape index (κ1) is 18.2. The van der Waals surface area contributed by atoms with Crippen LogP contribution in [0.15, 0.2) is 24.3 Å². The van der Waals surface area contributed by atoms with Crippen molar-refractivity contribution >= 4 is 15.7 Å². The Hall–Kier alpha value is -1.60.